The van der Waals surface area contributed by atoms with Crippen molar-refractivity contribution >= 4 is 56.8 Å². The molecule has 2 aromatic carbocycles. The molecule has 10 heteroatoms. The Bertz CT molecular complexity index is 1050. The smallest absolute Gasteiger partial charge is 0.269 e. The monoisotopic (exact) mass is 475 g/mol. The number of nitrogens with zero attached hydrogens (tertiary/aromatic N) is 2. The van der Waals surface area contributed by atoms with Gasteiger partial charge >= 0.3 is 0 Å². The van der Waals surface area contributed by atoms with Gasteiger partial charge in [-0.1, -0.05) is 15.9 Å². The van der Waals surface area contributed by atoms with Gasteiger partial charge in [0.25, 0.3) is 17.5 Å². The second-order valence-electron chi connectivity index (χ2n) is 6.08. The van der Waals surface area contributed by atoms with Crippen LogP contribution in [0.3, 0.4) is 0 Å². The summed E-state index contributed by atoms with van der Waals surface area (Å²) in [6.07, 6.45) is 1.44. The predicted molar refractivity (Wildman–Crippen MR) is 113 cm³/mol. The molecule has 148 valence electrons. The minimum Gasteiger partial charge on any atom is -0.488 e. The Morgan fingerprint density at radius 2 is 1.93 bits per heavy atom. The van der Waals surface area contributed by atoms with Crippen molar-refractivity contribution in [2.24, 2.45) is 0 Å². The summed E-state index contributed by atoms with van der Waals surface area (Å²) in [4.78, 5) is 36.1. The number of hydrogen-bond donors (Lipinski definition) is 1. The van der Waals surface area contributed by atoms with Crippen molar-refractivity contribution in [1.82, 2.24) is 10.2 Å². The molecule has 1 saturated heterocycles. The fraction of sp³-hybridized carbons (Fsp3) is 0.105. The van der Waals surface area contributed by atoms with E-state index in [0.717, 1.165) is 10.0 Å². The van der Waals surface area contributed by atoms with Crippen molar-refractivity contribution in [3.63, 3.8) is 0 Å². The van der Waals surface area contributed by atoms with Crippen LogP contribution in [0, 0.1) is 10.1 Å². The number of carbonyl (C=O) groups is 2. The van der Waals surface area contributed by atoms with Crippen molar-refractivity contribution in [2.75, 3.05) is 7.05 Å². The van der Waals surface area contributed by atoms with Crippen molar-refractivity contribution in [2.45, 2.75) is 6.61 Å². The first-order valence-electron chi connectivity index (χ1n) is 8.27. The molecule has 0 aromatic heterocycles. The number of non-ortho nitro benzene ring substituents is 1. The molecule has 0 aliphatic carbocycles. The van der Waals surface area contributed by atoms with Crippen LogP contribution in [0.5, 0.6) is 5.75 Å². The van der Waals surface area contributed by atoms with Gasteiger partial charge < -0.3 is 4.74 Å². The van der Waals surface area contributed by atoms with Crippen molar-refractivity contribution in [3.8, 4) is 5.75 Å². The number of carbonyl (C=O) groups excluding carboxylic acids is 2. The zero-order chi connectivity index (χ0) is 21.1. The van der Waals surface area contributed by atoms with Crippen LogP contribution in [0.15, 0.2) is 52.5 Å². The van der Waals surface area contributed by atoms with Crippen molar-refractivity contribution < 1.29 is 19.2 Å². The molecular formula is C19H14BrN3O5S. The molecule has 0 unspecified atom stereocenters. The second kappa shape index (κ2) is 8.50. The van der Waals surface area contributed by atoms with Crippen LogP contribution < -0.4 is 10.1 Å². The number of likely N-dealkylation sites (N-methyl/N-ethyl adjacent to an activating group) is 1. The Balaban J connectivity index is 1.86. The average molecular weight is 476 g/mol. The molecule has 29 heavy (non-hydrogen) atoms. The van der Waals surface area contributed by atoms with E-state index in [2.05, 4.69) is 21.2 Å². The van der Waals surface area contributed by atoms with Crippen molar-refractivity contribution in [1.29, 1.82) is 0 Å². The first kappa shape index (κ1) is 20.6. The molecule has 8 nitrogen and oxygen atoms in total. The number of nitro groups is 1. The van der Waals surface area contributed by atoms with Crippen LogP contribution in [-0.4, -0.2) is 33.8 Å². The molecule has 2 amide bonds. The summed E-state index contributed by atoms with van der Waals surface area (Å²) in [5.74, 6) is -0.658. The van der Waals surface area contributed by atoms with Crippen LogP contribution in [-0.2, 0) is 16.2 Å². The lowest BCUT2D eigenvalue weighted by Gasteiger charge is -2.25. The van der Waals surface area contributed by atoms with E-state index in [4.69, 9.17) is 17.0 Å². The topological polar surface area (TPSA) is 102 Å². The average Bonchev–Trinajstić information content (AvgIpc) is 2.69. The molecule has 1 fully saturated rings. The number of benzene rings is 2. The highest BCUT2D eigenvalue weighted by atomic mass is 79.9. The Kier molecular flexibility index (Phi) is 6.04. The van der Waals surface area contributed by atoms with Gasteiger partial charge in [0, 0.05) is 29.2 Å². The van der Waals surface area contributed by atoms with Crippen LogP contribution >= 0.6 is 28.1 Å². The summed E-state index contributed by atoms with van der Waals surface area (Å²) in [5.41, 5.74) is 1.17. The van der Waals surface area contributed by atoms with Gasteiger partial charge in [0.2, 0.25) is 0 Å². The Morgan fingerprint density at radius 1 is 1.24 bits per heavy atom. The number of amides is 2. The summed E-state index contributed by atoms with van der Waals surface area (Å²) in [6.45, 7) is 0.153. The third kappa shape index (κ3) is 4.66. The first-order valence-corrected chi connectivity index (χ1v) is 9.47. The van der Waals surface area contributed by atoms with Gasteiger partial charge in [-0.2, -0.15) is 0 Å². The molecule has 0 spiro atoms. The number of rotatable bonds is 5. The Labute approximate surface area is 179 Å². The lowest BCUT2D eigenvalue weighted by molar-refractivity contribution is -0.384. The quantitative estimate of drug-likeness (QED) is 0.234. The maximum absolute atomic E-state index is 12.4. The van der Waals surface area contributed by atoms with Gasteiger partial charge in [0.05, 0.1) is 4.92 Å². The summed E-state index contributed by atoms with van der Waals surface area (Å²) >= 11 is 8.30. The van der Waals surface area contributed by atoms with E-state index in [0.29, 0.717) is 11.3 Å². The summed E-state index contributed by atoms with van der Waals surface area (Å²) in [5, 5.41) is 13.2. The molecule has 3 rings (SSSR count). The fourth-order valence-corrected chi connectivity index (χ4v) is 3.09. The van der Waals surface area contributed by atoms with Crippen LogP contribution in [0.4, 0.5) is 5.69 Å². The lowest BCUT2D eigenvalue weighted by Crippen LogP contribution is -2.52. The molecule has 0 bridgehead atoms. The van der Waals surface area contributed by atoms with Gasteiger partial charge in [-0.3, -0.25) is 29.9 Å². The van der Waals surface area contributed by atoms with Gasteiger partial charge in [0.15, 0.2) is 5.11 Å². The summed E-state index contributed by atoms with van der Waals surface area (Å²) in [7, 11) is 1.48. The standard InChI is InChI=1S/C19H14BrN3O5S/c1-22-18(25)15(17(24)21-19(22)29)9-12-8-13(20)4-7-16(12)28-10-11-2-5-14(6-3-11)23(26)27/h2-9H,10H2,1H3,(H,21,24,29)/b15-9+. The highest BCUT2D eigenvalue weighted by Gasteiger charge is 2.31. The zero-order valence-electron chi connectivity index (χ0n) is 15.0. The molecule has 1 aliphatic heterocycles. The normalized spacial score (nSPS) is 15.4. The summed E-state index contributed by atoms with van der Waals surface area (Å²) < 4.78 is 6.56. The zero-order valence-corrected chi connectivity index (χ0v) is 17.5. The van der Waals surface area contributed by atoms with Crippen LogP contribution in [0.2, 0.25) is 0 Å². The Hall–Kier alpha value is -3.11. The SMILES string of the molecule is CN1C(=O)/C(=C/c2cc(Br)ccc2OCc2ccc([N+](=O)[O-])cc2)C(=O)NC1=S. The third-order valence-electron chi connectivity index (χ3n) is 4.12. The maximum Gasteiger partial charge on any atom is 0.269 e. The molecule has 0 atom stereocenters. The number of nitrogens with one attached hydrogen (secondary N) is 1. The molecule has 1 heterocycles. The van der Waals surface area contributed by atoms with Gasteiger partial charge in [0.1, 0.15) is 17.9 Å². The second-order valence-corrected chi connectivity index (χ2v) is 7.38. The number of nitro benzene ring substituents is 1. The lowest BCUT2D eigenvalue weighted by atomic mass is 10.1. The Morgan fingerprint density at radius 3 is 2.59 bits per heavy atom. The molecule has 1 N–H and O–H groups in total. The van der Waals surface area contributed by atoms with Gasteiger partial charge in [-0.15, -0.1) is 0 Å². The maximum atomic E-state index is 12.4. The van der Waals surface area contributed by atoms with Crippen LogP contribution in [0.25, 0.3) is 6.08 Å². The number of hydrogen-bond acceptors (Lipinski definition) is 6. The minimum atomic E-state index is -0.584. The van der Waals surface area contributed by atoms with Gasteiger partial charge in [-0.05, 0) is 54.2 Å². The van der Waals surface area contributed by atoms with E-state index < -0.39 is 16.7 Å². The predicted octanol–water partition coefficient (Wildman–Crippen LogP) is 3.19. The minimum absolute atomic E-state index is 0.00771. The molecular weight excluding hydrogens is 462 g/mol. The largest absolute Gasteiger partial charge is 0.488 e. The molecule has 1 aliphatic rings. The molecule has 2 aromatic rings. The molecule has 0 saturated carbocycles. The van der Waals surface area contributed by atoms with E-state index >= 15 is 0 Å². The van der Waals surface area contributed by atoms with E-state index in [1.54, 1.807) is 30.3 Å². The fourth-order valence-electron chi connectivity index (χ4n) is 2.54. The van der Waals surface area contributed by atoms with Gasteiger partial charge in [-0.25, -0.2) is 0 Å². The number of thiocarbonyl (C=S) groups is 1. The third-order valence-corrected chi connectivity index (χ3v) is 4.99. The van der Waals surface area contributed by atoms with E-state index in [1.165, 1.54) is 30.2 Å². The summed E-state index contributed by atoms with van der Waals surface area (Å²) in [6, 6.07) is 11.2. The highest BCUT2D eigenvalue weighted by molar-refractivity contribution is 9.10. The van der Waals surface area contributed by atoms with Crippen molar-refractivity contribution in [3.05, 3.63) is 73.8 Å². The molecule has 0 radical (unpaired) electrons. The van der Waals surface area contributed by atoms with E-state index in [9.17, 15) is 19.7 Å². The highest BCUT2D eigenvalue weighted by Crippen LogP contribution is 2.27. The van der Waals surface area contributed by atoms with Crippen LogP contribution in [0.1, 0.15) is 11.1 Å². The van der Waals surface area contributed by atoms with E-state index in [-0.39, 0.29) is 23.0 Å². The van der Waals surface area contributed by atoms with E-state index in [1.807, 2.05) is 0 Å². The number of ether oxygens (including phenoxy) is 1. The first-order chi connectivity index (χ1) is 13.8. The number of halogens is 1.